The van der Waals surface area contributed by atoms with Crippen LogP contribution in [-0.2, 0) is 4.74 Å². The van der Waals surface area contributed by atoms with E-state index in [0.29, 0.717) is 31.2 Å². The van der Waals surface area contributed by atoms with Gasteiger partial charge in [-0.05, 0) is 73.1 Å². The lowest BCUT2D eigenvalue weighted by Crippen LogP contribution is -2.30. The molecule has 2 amide bonds. The standard InChI is InChI=1S/C38H41N3O5/c1-3-31-22-30(42)23-36(46-31)27-15-13-25(14-16-27)28-17-18-32(35(43)21-28)37-34(39-38(44)41(37)29-7-5-4-6-8-29)20-19-33(40-45)26-11-9-24(2)10-12-26/h4-18,21,30-31,33-34,36-37,42-43H,3,19-20,22-23H2,1-2H3,(H,39,44). The number of rotatable bonds is 10. The number of ether oxygens (including phenoxy) is 1. The Kier molecular flexibility index (Phi) is 9.47. The molecule has 6 rings (SSSR count). The molecular weight excluding hydrogens is 578 g/mol. The van der Waals surface area contributed by atoms with Crippen LogP contribution in [0.3, 0.4) is 0 Å². The minimum absolute atomic E-state index is 0.0531. The number of phenolic OH excluding ortho intramolecular Hbond substituents is 1. The summed E-state index contributed by atoms with van der Waals surface area (Å²) in [7, 11) is 0. The van der Waals surface area contributed by atoms with Gasteiger partial charge in [-0.15, -0.1) is 0 Å². The Morgan fingerprint density at radius 1 is 0.957 bits per heavy atom. The molecule has 4 aromatic carbocycles. The fourth-order valence-corrected chi connectivity index (χ4v) is 6.80. The molecule has 3 N–H and O–H groups in total. The van der Waals surface area contributed by atoms with Gasteiger partial charge in [-0.25, -0.2) is 4.79 Å². The SMILES string of the molecule is CCC1CC(O)CC(c2ccc(-c3ccc(C4C(CCC(N=O)c5ccc(C)cc5)NC(=O)N4c4ccccc4)c(O)c3)cc2)O1. The number of anilines is 1. The average molecular weight is 620 g/mol. The third kappa shape index (κ3) is 6.69. The number of benzene rings is 4. The fraction of sp³-hybridized carbons (Fsp3) is 0.342. The van der Waals surface area contributed by atoms with Crippen molar-refractivity contribution in [2.24, 2.45) is 5.18 Å². The lowest BCUT2D eigenvalue weighted by atomic mass is 9.90. The first-order valence-corrected chi connectivity index (χ1v) is 16.1. The summed E-state index contributed by atoms with van der Waals surface area (Å²) in [5.41, 5.74) is 6.08. The van der Waals surface area contributed by atoms with Gasteiger partial charge in [0.15, 0.2) is 0 Å². The molecule has 2 aliphatic heterocycles. The maximum Gasteiger partial charge on any atom is 0.322 e. The van der Waals surface area contributed by atoms with Crippen molar-refractivity contribution in [2.45, 2.75) is 82.4 Å². The van der Waals surface area contributed by atoms with E-state index in [1.165, 1.54) is 0 Å². The zero-order valence-electron chi connectivity index (χ0n) is 26.3. The topological polar surface area (TPSA) is 111 Å². The van der Waals surface area contributed by atoms with Gasteiger partial charge in [-0.3, -0.25) is 4.90 Å². The lowest BCUT2D eigenvalue weighted by Gasteiger charge is -2.33. The molecule has 2 fully saturated rings. The highest BCUT2D eigenvalue weighted by molar-refractivity contribution is 5.96. The molecule has 0 aromatic heterocycles. The number of amides is 2. The predicted octanol–water partition coefficient (Wildman–Crippen LogP) is 8.29. The number of carbonyl (C=O) groups is 1. The number of aliphatic hydroxyl groups excluding tert-OH is 1. The Balaban J connectivity index is 1.26. The molecule has 46 heavy (non-hydrogen) atoms. The number of hydrogen-bond acceptors (Lipinski definition) is 6. The van der Waals surface area contributed by atoms with Gasteiger partial charge >= 0.3 is 6.03 Å². The van der Waals surface area contributed by atoms with E-state index in [2.05, 4.69) is 17.4 Å². The number of carbonyl (C=O) groups excluding carboxylic acids is 1. The summed E-state index contributed by atoms with van der Waals surface area (Å²) < 4.78 is 6.20. The molecule has 0 aliphatic carbocycles. The molecule has 0 radical (unpaired) electrons. The van der Waals surface area contributed by atoms with E-state index < -0.39 is 12.1 Å². The van der Waals surface area contributed by atoms with E-state index in [1.54, 1.807) is 11.0 Å². The summed E-state index contributed by atoms with van der Waals surface area (Å²) in [6, 6.07) is 29.2. The van der Waals surface area contributed by atoms with E-state index in [1.807, 2.05) is 97.9 Å². The van der Waals surface area contributed by atoms with Crippen molar-refractivity contribution < 1.29 is 19.7 Å². The van der Waals surface area contributed by atoms with E-state index in [4.69, 9.17) is 4.74 Å². The third-order valence-corrected chi connectivity index (χ3v) is 9.36. The second-order valence-corrected chi connectivity index (χ2v) is 12.5. The van der Waals surface area contributed by atoms with Gasteiger partial charge in [0.05, 0.1) is 30.4 Å². The smallest absolute Gasteiger partial charge is 0.322 e. The Labute approximate surface area is 270 Å². The van der Waals surface area contributed by atoms with Crippen molar-refractivity contribution in [3.05, 3.63) is 124 Å². The predicted molar refractivity (Wildman–Crippen MR) is 180 cm³/mol. The van der Waals surface area contributed by atoms with Gasteiger partial charge in [0, 0.05) is 17.7 Å². The van der Waals surface area contributed by atoms with Gasteiger partial charge in [0.1, 0.15) is 11.8 Å². The summed E-state index contributed by atoms with van der Waals surface area (Å²) >= 11 is 0. The van der Waals surface area contributed by atoms with Gasteiger partial charge < -0.3 is 20.3 Å². The first-order chi connectivity index (χ1) is 22.3. The lowest BCUT2D eigenvalue weighted by molar-refractivity contribution is -0.0982. The Hall–Kier alpha value is -4.53. The molecule has 6 unspecified atom stereocenters. The first kappa shape index (κ1) is 31.5. The molecule has 8 heteroatoms. The average Bonchev–Trinajstić information content (AvgIpc) is 3.41. The highest BCUT2D eigenvalue weighted by Crippen LogP contribution is 2.42. The minimum Gasteiger partial charge on any atom is -0.508 e. The van der Waals surface area contributed by atoms with Crippen LogP contribution in [0.4, 0.5) is 10.5 Å². The van der Waals surface area contributed by atoms with E-state index in [-0.39, 0.29) is 36.1 Å². The van der Waals surface area contributed by atoms with Crippen LogP contribution in [0.2, 0.25) is 0 Å². The zero-order valence-corrected chi connectivity index (χ0v) is 26.3. The van der Waals surface area contributed by atoms with Gasteiger partial charge in [-0.2, -0.15) is 4.91 Å². The summed E-state index contributed by atoms with van der Waals surface area (Å²) in [5, 5.41) is 28.3. The molecule has 0 bridgehead atoms. The number of aryl methyl sites for hydroxylation is 1. The summed E-state index contributed by atoms with van der Waals surface area (Å²) in [5.74, 6) is 0.0853. The monoisotopic (exact) mass is 619 g/mol. The Morgan fingerprint density at radius 2 is 1.67 bits per heavy atom. The number of aromatic hydroxyl groups is 1. The van der Waals surface area contributed by atoms with Crippen LogP contribution < -0.4 is 10.2 Å². The molecule has 2 saturated heterocycles. The van der Waals surface area contributed by atoms with Crippen LogP contribution in [0.1, 0.15) is 79.5 Å². The van der Waals surface area contributed by atoms with Crippen LogP contribution in [0.15, 0.2) is 102 Å². The molecule has 4 aromatic rings. The second-order valence-electron chi connectivity index (χ2n) is 12.5. The molecule has 0 spiro atoms. The molecule has 238 valence electrons. The number of nitrogens with zero attached hydrogens (tertiary/aromatic N) is 2. The maximum atomic E-state index is 13.4. The summed E-state index contributed by atoms with van der Waals surface area (Å²) in [4.78, 5) is 27.0. The number of nitroso groups, excluding NO2 is 1. The number of hydrogen-bond donors (Lipinski definition) is 3. The maximum absolute atomic E-state index is 13.4. The minimum atomic E-state index is -0.544. The normalized spacial score (nSPS) is 23.6. The summed E-state index contributed by atoms with van der Waals surface area (Å²) in [6.07, 6.45) is 2.59. The number of para-hydroxylation sites is 1. The quantitative estimate of drug-likeness (QED) is 0.155. The van der Waals surface area contributed by atoms with Crippen LogP contribution in [0, 0.1) is 11.8 Å². The van der Waals surface area contributed by atoms with Crippen molar-refractivity contribution in [3.8, 4) is 16.9 Å². The van der Waals surface area contributed by atoms with E-state index in [9.17, 15) is 19.9 Å². The van der Waals surface area contributed by atoms with Gasteiger partial charge in [0.2, 0.25) is 0 Å². The largest absolute Gasteiger partial charge is 0.508 e. The van der Waals surface area contributed by atoms with Crippen molar-refractivity contribution in [1.82, 2.24) is 5.32 Å². The third-order valence-electron chi connectivity index (χ3n) is 9.36. The fourth-order valence-electron chi connectivity index (χ4n) is 6.80. The van der Waals surface area contributed by atoms with Crippen LogP contribution in [-0.4, -0.2) is 34.5 Å². The highest BCUT2D eigenvalue weighted by atomic mass is 16.5. The number of phenols is 1. The number of urea groups is 1. The zero-order chi connectivity index (χ0) is 32.2. The van der Waals surface area contributed by atoms with Crippen molar-refractivity contribution in [1.29, 1.82) is 0 Å². The molecule has 6 atom stereocenters. The summed E-state index contributed by atoms with van der Waals surface area (Å²) in [6.45, 7) is 4.07. The van der Waals surface area contributed by atoms with Crippen molar-refractivity contribution in [3.63, 3.8) is 0 Å². The molecular formula is C38H41N3O5. The van der Waals surface area contributed by atoms with Crippen molar-refractivity contribution >= 4 is 11.7 Å². The van der Waals surface area contributed by atoms with Gasteiger partial charge in [0.25, 0.3) is 0 Å². The second kappa shape index (κ2) is 13.8. The Bertz CT molecular complexity index is 1640. The van der Waals surface area contributed by atoms with Crippen molar-refractivity contribution in [2.75, 3.05) is 4.90 Å². The number of nitrogens with one attached hydrogen (secondary N) is 1. The molecule has 2 heterocycles. The molecule has 2 aliphatic rings. The van der Waals surface area contributed by atoms with Crippen LogP contribution >= 0.6 is 0 Å². The molecule has 8 nitrogen and oxygen atoms in total. The van der Waals surface area contributed by atoms with Crippen LogP contribution in [0.5, 0.6) is 5.75 Å². The van der Waals surface area contributed by atoms with Crippen LogP contribution in [0.25, 0.3) is 11.1 Å². The Morgan fingerprint density at radius 3 is 2.35 bits per heavy atom. The number of aliphatic hydroxyl groups is 1. The first-order valence-electron chi connectivity index (χ1n) is 16.1. The van der Waals surface area contributed by atoms with Gasteiger partial charge in [-0.1, -0.05) is 96.5 Å². The molecule has 0 saturated carbocycles. The van der Waals surface area contributed by atoms with E-state index in [0.717, 1.165) is 39.9 Å². The van der Waals surface area contributed by atoms with E-state index >= 15 is 0 Å². The highest BCUT2D eigenvalue weighted by Gasteiger charge is 2.42.